The molecule has 0 radical (unpaired) electrons. The first-order valence-electron chi connectivity index (χ1n) is 12.0. The van der Waals surface area contributed by atoms with E-state index in [4.69, 9.17) is 14.2 Å². The molecule has 1 unspecified atom stereocenters. The van der Waals surface area contributed by atoms with Gasteiger partial charge in [-0.15, -0.1) is 0 Å². The molecule has 7 nitrogen and oxygen atoms in total. The van der Waals surface area contributed by atoms with Crippen LogP contribution in [0.3, 0.4) is 0 Å². The number of methoxy groups -OCH3 is 2. The number of carbonyl (C=O) groups excluding carboxylic acids is 1. The van der Waals surface area contributed by atoms with Crippen LogP contribution < -0.4 is 19.5 Å². The van der Waals surface area contributed by atoms with E-state index in [-0.39, 0.29) is 11.9 Å². The summed E-state index contributed by atoms with van der Waals surface area (Å²) in [7, 11) is 3.19. The maximum absolute atomic E-state index is 13.0. The molecule has 0 aliphatic carbocycles. The molecule has 0 saturated carbocycles. The third-order valence-corrected chi connectivity index (χ3v) is 6.45. The Bertz CT molecular complexity index is 1340. The van der Waals surface area contributed by atoms with Gasteiger partial charge in [0.15, 0.2) is 11.5 Å². The topological polar surface area (TPSA) is 72.9 Å². The number of pyridine rings is 1. The largest absolute Gasteiger partial charge is 0.493 e. The van der Waals surface area contributed by atoms with E-state index in [0.717, 1.165) is 42.5 Å². The number of nitrogens with one attached hydrogen (secondary N) is 1. The molecule has 184 valence electrons. The van der Waals surface area contributed by atoms with E-state index in [0.29, 0.717) is 23.0 Å². The molecule has 1 atom stereocenters. The highest BCUT2D eigenvalue weighted by molar-refractivity contribution is 5.95. The van der Waals surface area contributed by atoms with Gasteiger partial charge < -0.3 is 19.5 Å². The first-order valence-corrected chi connectivity index (χ1v) is 12.0. The van der Waals surface area contributed by atoms with Crippen LogP contribution in [0.15, 0.2) is 79.0 Å². The van der Waals surface area contributed by atoms with Crippen LogP contribution in [0.1, 0.15) is 18.4 Å². The molecule has 36 heavy (non-hydrogen) atoms. The number of amides is 1. The minimum atomic E-state index is -0.128. The van der Waals surface area contributed by atoms with Gasteiger partial charge in [-0.05, 0) is 61.3 Å². The summed E-state index contributed by atoms with van der Waals surface area (Å²) in [6.45, 7) is 1.71. The molecule has 1 fully saturated rings. The van der Waals surface area contributed by atoms with Gasteiger partial charge in [-0.3, -0.25) is 14.7 Å². The number of anilines is 1. The van der Waals surface area contributed by atoms with Crippen molar-refractivity contribution in [1.29, 1.82) is 0 Å². The second-order valence-electron chi connectivity index (χ2n) is 8.76. The Morgan fingerprint density at radius 2 is 1.72 bits per heavy atom. The Kier molecular flexibility index (Phi) is 7.00. The monoisotopic (exact) mass is 483 g/mol. The minimum absolute atomic E-state index is 0.0262. The molecule has 1 N–H and O–H groups in total. The van der Waals surface area contributed by atoms with E-state index < -0.39 is 0 Å². The fourth-order valence-corrected chi connectivity index (χ4v) is 4.63. The zero-order chi connectivity index (χ0) is 24.9. The maximum atomic E-state index is 13.0. The van der Waals surface area contributed by atoms with Crippen LogP contribution in [0.25, 0.3) is 10.9 Å². The van der Waals surface area contributed by atoms with Crippen molar-refractivity contribution in [1.82, 2.24) is 9.88 Å². The predicted octanol–water partition coefficient (Wildman–Crippen LogP) is 5.65. The molecule has 0 spiro atoms. The van der Waals surface area contributed by atoms with E-state index >= 15 is 0 Å². The second-order valence-corrected chi connectivity index (χ2v) is 8.76. The highest BCUT2D eigenvalue weighted by Gasteiger charge is 2.30. The molecule has 3 aromatic carbocycles. The number of aromatic nitrogens is 1. The van der Waals surface area contributed by atoms with Gasteiger partial charge in [-0.2, -0.15) is 0 Å². The lowest BCUT2D eigenvalue weighted by molar-refractivity contribution is -0.120. The summed E-state index contributed by atoms with van der Waals surface area (Å²) >= 11 is 0. The highest BCUT2D eigenvalue weighted by Crippen LogP contribution is 2.37. The fourth-order valence-electron chi connectivity index (χ4n) is 4.63. The number of fused-ring (bicyclic) bond motifs is 1. The van der Waals surface area contributed by atoms with E-state index in [9.17, 15) is 4.79 Å². The van der Waals surface area contributed by atoms with Crippen LogP contribution in [0, 0.1) is 0 Å². The van der Waals surface area contributed by atoms with Crippen molar-refractivity contribution in [3.05, 3.63) is 84.6 Å². The number of likely N-dealkylation sites (tertiary alicyclic amines) is 1. The molecule has 7 heteroatoms. The standard InChI is InChI=1S/C29H29N3O4/c1-34-27-17-23-24(18-28(27)35-2)30-15-14-26(23)36-22-12-10-21(11-13-22)31-29(33)25-9-6-16-32(25)19-20-7-4-3-5-8-20/h3-5,7-8,10-15,17-18,25H,6,9,16,19H2,1-2H3,(H,31,33). The van der Waals surface area contributed by atoms with Crippen molar-refractivity contribution < 1.29 is 19.0 Å². The van der Waals surface area contributed by atoms with Crippen molar-refractivity contribution in [2.75, 3.05) is 26.1 Å². The molecule has 1 amide bonds. The van der Waals surface area contributed by atoms with Gasteiger partial charge >= 0.3 is 0 Å². The first-order chi connectivity index (χ1) is 17.6. The average Bonchev–Trinajstić information content (AvgIpc) is 3.38. The Morgan fingerprint density at radius 1 is 0.972 bits per heavy atom. The third-order valence-electron chi connectivity index (χ3n) is 6.45. The summed E-state index contributed by atoms with van der Waals surface area (Å²) in [5.74, 6) is 2.55. The van der Waals surface area contributed by atoms with Crippen LogP contribution in [0.4, 0.5) is 5.69 Å². The lowest BCUT2D eigenvalue weighted by Crippen LogP contribution is -2.39. The summed E-state index contributed by atoms with van der Waals surface area (Å²) in [5, 5.41) is 3.88. The fraction of sp³-hybridized carbons (Fsp3) is 0.241. The summed E-state index contributed by atoms with van der Waals surface area (Å²) in [5.41, 5.74) is 2.70. The maximum Gasteiger partial charge on any atom is 0.241 e. The zero-order valence-electron chi connectivity index (χ0n) is 20.4. The van der Waals surface area contributed by atoms with Gasteiger partial charge in [-0.1, -0.05) is 30.3 Å². The van der Waals surface area contributed by atoms with Crippen molar-refractivity contribution in [2.45, 2.75) is 25.4 Å². The molecular formula is C29H29N3O4. The van der Waals surface area contributed by atoms with E-state index in [1.165, 1.54) is 5.56 Å². The van der Waals surface area contributed by atoms with E-state index in [2.05, 4.69) is 27.3 Å². The quantitative estimate of drug-likeness (QED) is 0.349. The molecule has 1 aliphatic heterocycles. The molecule has 1 aromatic heterocycles. The van der Waals surface area contributed by atoms with Crippen molar-refractivity contribution in [3.63, 3.8) is 0 Å². The smallest absolute Gasteiger partial charge is 0.241 e. The summed E-state index contributed by atoms with van der Waals surface area (Å²) in [4.78, 5) is 19.7. The number of nitrogens with zero attached hydrogens (tertiary/aromatic N) is 2. The van der Waals surface area contributed by atoms with Crippen LogP contribution in [-0.2, 0) is 11.3 Å². The lowest BCUT2D eigenvalue weighted by Gasteiger charge is -2.23. The summed E-state index contributed by atoms with van der Waals surface area (Å²) in [6.07, 6.45) is 3.58. The van der Waals surface area contributed by atoms with Crippen molar-refractivity contribution in [3.8, 4) is 23.0 Å². The third kappa shape index (κ3) is 5.11. The van der Waals surface area contributed by atoms with Crippen LogP contribution in [0.2, 0.25) is 0 Å². The Morgan fingerprint density at radius 3 is 2.47 bits per heavy atom. The summed E-state index contributed by atoms with van der Waals surface area (Å²) in [6, 6.07) is 23.1. The molecule has 0 bridgehead atoms. The number of carbonyl (C=O) groups is 1. The van der Waals surface area contributed by atoms with Gasteiger partial charge in [0, 0.05) is 29.9 Å². The number of hydrogen-bond acceptors (Lipinski definition) is 6. The molecule has 2 heterocycles. The predicted molar refractivity (Wildman–Crippen MR) is 140 cm³/mol. The van der Waals surface area contributed by atoms with Gasteiger partial charge in [0.1, 0.15) is 11.5 Å². The number of hydrogen-bond donors (Lipinski definition) is 1. The SMILES string of the molecule is COc1cc2nccc(Oc3ccc(NC(=O)C4CCCN4Cc4ccccc4)cc3)c2cc1OC. The van der Waals surface area contributed by atoms with Crippen LogP contribution >= 0.6 is 0 Å². The molecular weight excluding hydrogens is 454 g/mol. The summed E-state index contributed by atoms with van der Waals surface area (Å²) < 4.78 is 17.0. The lowest BCUT2D eigenvalue weighted by atomic mass is 10.1. The molecule has 1 saturated heterocycles. The number of rotatable bonds is 8. The van der Waals surface area contributed by atoms with Gasteiger partial charge in [0.25, 0.3) is 0 Å². The second kappa shape index (κ2) is 10.7. The Labute approximate surface area is 210 Å². The zero-order valence-corrected chi connectivity index (χ0v) is 20.4. The van der Waals surface area contributed by atoms with Gasteiger partial charge in [0.2, 0.25) is 5.91 Å². The molecule has 5 rings (SSSR count). The highest BCUT2D eigenvalue weighted by atomic mass is 16.5. The van der Waals surface area contributed by atoms with Gasteiger partial charge in [-0.25, -0.2) is 0 Å². The average molecular weight is 484 g/mol. The Hall–Kier alpha value is -4.10. The van der Waals surface area contributed by atoms with Crippen molar-refractivity contribution in [2.24, 2.45) is 0 Å². The number of benzene rings is 3. The van der Waals surface area contributed by atoms with Crippen LogP contribution in [-0.4, -0.2) is 42.6 Å². The van der Waals surface area contributed by atoms with E-state index in [1.54, 1.807) is 20.4 Å². The van der Waals surface area contributed by atoms with Crippen molar-refractivity contribution >= 4 is 22.5 Å². The molecule has 4 aromatic rings. The number of ether oxygens (including phenoxy) is 3. The van der Waals surface area contributed by atoms with E-state index in [1.807, 2.05) is 60.7 Å². The minimum Gasteiger partial charge on any atom is -0.493 e. The van der Waals surface area contributed by atoms with Gasteiger partial charge in [0.05, 0.1) is 25.8 Å². The first kappa shape index (κ1) is 23.6. The van der Waals surface area contributed by atoms with Crippen LogP contribution in [0.5, 0.6) is 23.0 Å². The molecule has 1 aliphatic rings. The Balaban J connectivity index is 1.26. The normalized spacial score (nSPS) is 15.6.